The van der Waals surface area contributed by atoms with Crippen LogP contribution < -0.4 is 5.32 Å². The lowest BCUT2D eigenvalue weighted by molar-refractivity contribution is -0.147. The SMILES string of the molecule is C=CCNCCC(=O)N(CC=C)N(CC)CC. The summed E-state index contributed by atoms with van der Waals surface area (Å²) in [7, 11) is 0. The molecule has 0 aliphatic heterocycles. The topological polar surface area (TPSA) is 35.6 Å². The predicted molar refractivity (Wildman–Crippen MR) is 72.5 cm³/mol. The van der Waals surface area contributed by atoms with Crippen molar-refractivity contribution in [2.24, 2.45) is 0 Å². The zero-order valence-electron chi connectivity index (χ0n) is 11.1. The lowest BCUT2D eigenvalue weighted by atomic mass is 10.3. The molecular formula is C13H25N3O. The predicted octanol–water partition coefficient (Wildman–Crippen LogP) is 1.42. The van der Waals surface area contributed by atoms with Crippen molar-refractivity contribution in [3.8, 4) is 0 Å². The molecule has 4 nitrogen and oxygen atoms in total. The maximum Gasteiger partial charge on any atom is 0.238 e. The summed E-state index contributed by atoms with van der Waals surface area (Å²) in [5, 5.41) is 6.92. The summed E-state index contributed by atoms with van der Waals surface area (Å²) in [5.74, 6) is 0.130. The molecule has 0 heterocycles. The molecule has 0 aromatic heterocycles. The number of hydrogen-bond acceptors (Lipinski definition) is 3. The average Bonchev–Trinajstić information content (AvgIpc) is 2.34. The van der Waals surface area contributed by atoms with Gasteiger partial charge in [-0.25, -0.2) is 5.01 Å². The Morgan fingerprint density at radius 3 is 2.35 bits per heavy atom. The number of rotatable bonds is 10. The van der Waals surface area contributed by atoms with Crippen LogP contribution in [0, 0.1) is 0 Å². The quantitative estimate of drug-likeness (QED) is 0.356. The molecule has 0 aromatic carbocycles. The third-order valence-electron chi connectivity index (χ3n) is 2.47. The second kappa shape index (κ2) is 10.1. The van der Waals surface area contributed by atoms with Crippen LogP contribution in [-0.2, 0) is 4.79 Å². The van der Waals surface area contributed by atoms with Gasteiger partial charge in [0.05, 0.1) is 6.54 Å². The Morgan fingerprint density at radius 2 is 1.88 bits per heavy atom. The van der Waals surface area contributed by atoms with E-state index in [1.54, 1.807) is 17.2 Å². The summed E-state index contributed by atoms with van der Waals surface area (Å²) in [6, 6.07) is 0. The Morgan fingerprint density at radius 1 is 1.24 bits per heavy atom. The minimum atomic E-state index is 0.130. The lowest BCUT2D eigenvalue weighted by Gasteiger charge is -2.32. The van der Waals surface area contributed by atoms with Crippen molar-refractivity contribution in [3.63, 3.8) is 0 Å². The van der Waals surface area contributed by atoms with Gasteiger partial charge >= 0.3 is 0 Å². The average molecular weight is 239 g/mol. The summed E-state index contributed by atoms with van der Waals surface area (Å²) in [4.78, 5) is 12.0. The van der Waals surface area contributed by atoms with Crippen molar-refractivity contribution < 1.29 is 4.79 Å². The van der Waals surface area contributed by atoms with Gasteiger partial charge in [0.15, 0.2) is 0 Å². The van der Waals surface area contributed by atoms with E-state index in [-0.39, 0.29) is 5.91 Å². The number of hydrogen-bond donors (Lipinski definition) is 1. The molecule has 0 rings (SSSR count). The van der Waals surface area contributed by atoms with Gasteiger partial charge in [-0.3, -0.25) is 9.80 Å². The first-order valence-corrected chi connectivity index (χ1v) is 6.18. The Balaban J connectivity index is 4.22. The molecule has 98 valence electrons. The third-order valence-corrected chi connectivity index (χ3v) is 2.47. The highest BCUT2D eigenvalue weighted by molar-refractivity contribution is 5.76. The van der Waals surface area contributed by atoms with Gasteiger partial charge in [-0.1, -0.05) is 26.0 Å². The molecule has 1 N–H and O–H groups in total. The minimum Gasteiger partial charge on any atom is -0.313 e. The monoisotopic (exact) mass is 239 g/mol. The second-order valence-corrected chi connectivity index (χ2v) is 3.65. The van der Waals surface area contributed by atoms with Crippen LogP contribution in [-0.4, -0.2) is 48.6 Å². The zero-order valence-corrected chi connectivity index (χ0v) is 11.1. The molecule has 0 bridgehead atoms. The van der Waals surface area contributed by atoms with Crippen LogP contribution in [0.25, 0.3) is 0 Å². The van der Waals surface area contributed by atoms with Crippen LogP contribution >= 0.6 is 0 Å². The molecule has 0 spiro atoms. The van der Waals surface area contributed by atoms with E-state index in [4.69, 9.17) is 0 Å². The van der Waals surface area contributed by atoms with Crippen LogP contribution in [0.1, 0.15) is 20.3 Å². The Hall–Kier alpha value is -1.13. The molecule has 4 heteroatoms. The van der Waals surface area contributed by atoms with Gasteiger partial charge in [-0.2, -0.15) is 0 Å². The number of carbonyl (C=O) groups is 1. The Kier molecular flexibility index (Phi) is 9.38. The van der Waals surface area contributed by atoms with E-state index in [1.165, 1.54) is 0 Å². The highest BCUT2D eigenvalue weighted by Crippen LogP contribution is 2.01. The Bertz CT molecular complexity index is 237. The van der Waals surface area contributed by atoms with Gasteiger partial charge in [0.1, 0.15) is 0 Å². The van der Waals surface area contributed by atoms with Crippen molar-refractivity contribution in [3.05, 3.63) is 25.3 Å². The fraction of sp³-hybridized carbons (Fsp3) is 0.615. The summed E-state index contributed by atoms with van der Waals surface area (Å²) in [5.41, 5.74) is 0. The maximum atomic E-state index is 12.0. The molecule has 0 radical (unpaired) electrons. The molecule has 0 fully saturated rings. The molecule has 0 aliphatic carbocycles. The third kappa shape index (κ3) is 6.24. The first kappa shape index (κ1) is 15.9. The summed E-state index contributed by atoms with van der Waals surface area (Å²) >= 11 is 0. The highest BCUT2D eigenvalue weighted by Gasteiger charge is 2.16. The van der Waals surface area contributed by atoms with Gasteiger partial charge in [0.2, 0.25) is 5.91 Å². The van der Waals surface area contributed by atoms with Crippen LogP contribution in [0.3, 0.4) is 0 Å². The van der Waals surface area contributed by atoms with Crippen LogP contribution in [0.15, 0.2) is 25.3 Å². The number of nitrogens with one attached hydrogen (secondary N) is 1. The molecule has 0 aliphatic rings. The number of carbonyl (C=O) groups excluding carboxylic acids is 1. The van der Waals surface area contributed by atoms with Crippen LogP contribution in [0.2, 0.25) is 0 Å². The second-order valence-electron chi connectivity index (χ2n) is 3.65. The van der Waals surface area contributed by atoms with E-state index in [0.717, 1.165) is 19.6 Å². The van der Waals surface area contributed by atoms with E-state index in [1.807, 2.05) is 18.9 Å². The molecule has 0 atom stereocenters. The van der Waals surface area contributed by atoms with E-state index in [0.29, 0.717) is 19.5 Å². The standard InChI is InChI=1S/C13H25N3O/c1-5-10-14-11-9-13(17)16(12-6-2)15(7-3)8-4/h5-6,14H,1-2,7-12H2,3-4H3. The van der Waals surface area contributed by atoms with Gasteiger partial charge in [0, 0.05) is 32.6 Å². The maximum absolute atomic E-state index is 12.0. The van der Waals surface area contributed by atoms with Gasteiger partial charge < -0.3 is 5.32 Å². The molecule has 0 unspecified atom stereocenters. The zero-order chi connectivity index (χ0) is 13.1. The van der Waals surface area contributed by atoms with E-state index >= 15 is 0 Å². The first-order chi connectivity index (χ1) is 8.21. The number of hydrazine groups is 1. The van der Waals surface area contributed by atoms with Crippen LogP contribution in [0.5, 0.6) is 0 Å². The first-order valence-electron chi connectivity index (χ1n) is 6.18. The molecule has 0 saturated heterocycles. The smallest absolute Gasteiger partial charge is 0.238 e. The normalized spacial score (nSPS) is 10.3. The summed E-state index contributed by atoms with van der Waals surface area (Å²) in [6.45, 7) is 15.0. The van der Waals surface area contributed by atoms with E-state index < -0.39 is 0 Å². The Labute approximate surface area is 105 Å². The molecule has 17 heavy (non-hydrogen) atoms. The highest BCUT2D eigenvalue weighted by atomic mass is 16.2. The van der Waals surface area contributed by atoms with Crippen molar-refractivity contribution in [1.29, 1.82) is 0 Å². The summed E-state index contributed by atoms with van der Waals surface area (Å²) in [6.07, 6.45) is 4.04. The fourth-order valence-corrected chi connectivity index (χ4v) is 1.59. The fourth-order valence-electron chi connectivity index (χ4n) is 1.59. The van der Waals surface area contributed by atoms with Crippen molar-refractivity contribution in [2.45, 2.75) is 20.3 Å². The molecule has 0 saturated carbocycles. The summed E-state index contributed by atoms with van der Waals surface area (Å²) < 4.78 is 0. The number of nitrogens with zero attached hydrogens (tertiary/aromatic N) is 2. The van der Waals surface area contributed by atoms with Crippen molar-refractivity contribution in [1.82, 2.24) is 15.3 Å². The molecule has 1 amide bonds. The van der Waals surface area contributed by atoms with Crippen LogP contribution in [0.4, 0.5) is 0 Å². The lowest BCUT2D eigenvalue weighted by Crippen LogP contribution is -2.47. The van der Waals surface area contributed by atoms with E-state index in [9.17, 15) is 4.79 Å². The minimum absolute atomic E-state index is 0.130. The molecular weight excluding hydrogens is 214 g/mol. The largest absolute Gasteiger partial charge is 0.313 e. The number of amides is 1. The van der Waals surface area contributed by atoms with Crippen molar-refractivity contribution in [2.75, 3.05) is 32.7 Å². The van der Waals surface area contributed by atoms with Gasteiger partial charge in [0.25, 0.3) is 0 Å². The van der Waals surface area contributed by atoms with Crippen molar-refractivity contribution >= 4 is 5.91 Å². The van der Waals surface area contributed by atoms with E-state index in [2.05, 4.69) is 18.5 Å². The molecule has 0 aromatic rings. The van der Waals surface area contributed by atoms with Gasteiger partial charge in [-0.15, -0.1) is 13.2 Å². The van der Waals surface area contributed by atoms with Gasteiger partial charge in [-0.05, 0) is 0 Å².